The Hall–Kier alpha value is -4.17. The van der Waals surface area contributed by atoms with E-state index in [0.29, 0.717) is 50.2 Å². The third kappa shape index (κ3) is 4.19. The SMILES string of the molecule is CC(Oc1cc(-n2nc(C(F)(F)F)c3c2N(CC24CC(C(=O)O)(C2)C4)CCC3)cnn1)c1ccc2c(c1)OC(F)(F)O2. The first-order valence-corrected chi connectivity index (χ1v) is 13.3. The zero-order chi connectivity index (χ0) is 29.7. The lowest BCUT2D eigenvalue weighted by Gasteiger charge is -2.69. The van der Waals surface area contributed by atoms with E-state index in [9.17, 15) is 31.9 Å². The lowest BCUT2D eigenvalue weighted by atomic mass is 9.35. The van der Waals surface area contributed by atoms with Crippen molar-refractivity contribution in [3.63, 3.8) is 0 Å². The van der Waals surface area contributed by atoms with E-state index in [1.165, 1.54) is 35.1 Å². The molecule has 8 rings (SSSR count). The molecule has 1 unspecified atom stereocenters. The van der Waals surface area contributed by atoms with Crippen molar-refractivity contribution in [2.24, 2.45) is 10.8 Å². The molecule has 0 radical (unpaired) electrons. The molecular formula is C27H24F5N5O5. The summed E-state index contributed by atoms with van der Waals surface area (Å²) in [5, 5.41) is 21.3. The van der Waals surface area contributed by atoms with Crippen molar-refractivity contribution < 1.29 is 46.1 Å². The average molecular weight is 594 g/mol. The molecule has 15 heteroatoms. The number of carbonyl (C=O) groups is 1. The van der Waals surface area contributed by atoms with Gasteiger partial charge in [0, 0.05) is 24.7 Å². The first-order chi connectivity index (χ1) is 19.8. The quantitative estimate of drug-likeness (QED) is 0.372. The molecule has 4 heterocycles. The number of carboxylic acid groups (broad SMARTS) is 1. The number of nitrogens with zero attached hydrogens (tertiary/aromatic N) is 5. The van der Waals surface area contributed by atoms with Crippen molar-refractivity contribution in [3.8, 4) is 23.1 Å². The Morgan fingerprint density at radius 1 is 1.17 bits per heavy atom. The van der Waals surface area contributed by atoms with E-state index in [1.807, 2.05) is 4.90 Å². The fraction of sp³-hybridized carbons (Fsp3) is 0.481. The third-order valence-electron chi connectivity index (χ3n) is 8.55. The Bertz CT molecular complexity index is 1590. The minimum Gasteiger partial charge on any atom is -0.481 e. The van der Waals surface area contributed by atoms with Crippen LogP contribution >= 0.6 is 0 Å². The second-order valence-corrected chi connectivity index (χ2v) is 11.6. The van der Waals surface area contributed by atoms with Crippen LogP contribution in [0.3, 0.4) is 0 Å². The van der Waals surface area contributed by atoms with E-state index in [1.54, 1.807) is 6.92 Å². The molecule has 0 saturated heterocycles. The molecule has 3 aliphatic carbocycles. The molecule has 42 heavy (non-hydrogen) atoms. The lowest BCUT2D eigenvalue weighted by molar-refractivity contribution is -0.286. The number of rotatable bonds is 7. The topological polar surface area (TPSA) is 112 Å². The van der Waals surface area contributed by atoms with Gasteiger partial charge < -0.3 is 24.2 Å². The van der Waals surface area contributed by atoms with Crippen LogP contribution in [0.2, 0.25) is 0 Å². The van der Waals surface area contributed by atoms with Gasteiger partial charge in [0.2, 0.25) is 5.88 Å². The van der Waals surface area contributed by atoms with E-state index in [2.05, 4.69) is 24.8 Å². The molecule has 3 aromatic rings. The number of aromatic nitrogens is 4. The zero-order valence-electron chi connectivity index (χ0n) is 22.1. The number of carboxylic acids is 1. The number of ether oxygens (including phenoxy) is 3. The highest BCUT2D eigenvalue weighted by Crippen LogP contribution is 2.73. The summed E-state index contributed by atoms with van der Waals surface area (Å²) >= 11 is 0. The molecule has 0 spiro atoms. The smallest absolute Gasteiger partial charge is 0.481 e. The molecule has 0 amide bonds. The summed E-state index contributed by atoms with van der Waals surface area (Å²) in [6, 6.07) is 5.59. The zero-order valence-corrected chi connectivity index (χ0v) is 22.1. The summed E-state index contributed by atoms with van der Waals surface area (Å²) in [5.41, 5.74) is -1.19. The Morgan fingerprint density at radius 2 is 1.90 bits per heavy atom. The van der Waals surface area contributed by atoms with Gasteiger partial charge in [-0.3, -0.25) is 4.79 Å². The first kappa shape index (κ1) is 26.7. The fourth-order valence-electron chi connectivity index (χ4n) is 6.89. The van der Waals surface area contributed by atoms with Crippen molar-refractivity contribution in [1.82, 2.24) is 20.0 Å². The summed E-state index contributed by atoms with van der Waals surface area (Å²) in [6.45, 7) is 2.57. The van der Waals surface area contributed by atoms with Crippen LogP contribution < -0.4 is 19.1 Å². The summed E-state index contributed by atoms with van der Waals surface area (Å²) in [5.74, 6) is -0.828. The fourth-order valence-corrected chi connectivity index (χ4v) is 6.89. The number of benzene rings is 1. The molecule has 1 N–H and O–H groups in total. The minimum absolute atomic E-state index is 0.0222. The van der Waals surface area contributed by atoms with Gasteiger partial charge in [-0.15, -0.1) is 13.9 Å². The number of halogens is 5. The first-order valence-electron chi connectivity index (χ1n) is 13.3. The van der Waals surface area contributed by atoms with Crippen LogP contribution in [0.25, 0.3) is 5.69 Å². The summed E-state index contributed by atoms with van der Waals surface area (Å²) in [7, 11) is 0. The van der Waals surface area contributed by atoms with Crippen LogP contribution in [0.4, 0.5) is 27.8 Å². The highest BCUT2D eigenvalue weighted by Gasteiger charge is 2.72. The van der Waals surface area contributed by atoms with Gasteiger partial charge in [-0.25, -0.2) is 4.68 Å². The molecule has 2 aromatic heterocycles. The van der Waals surface area contributed by atoms with Gasteiger partial charge >= 0.3 is 18.4 Å². The summed E-state index contributed by atoms with van der Waals surface area (Å²) < 4.78 is 85.1. The van der Waals surface area contributed by atoms with Gasteiger partial charge in [-0.2, -0.15) is 23.4 Å². The number of anilines is 1. The Balaban J connectivity index is 1.18. The van der Waals surface area contributed by atoms with Gasteiger partial charge in [-0.05, 0) is 62.1 Å². The number of aliphatic carboxylic acids is 1. The maximum absolute atomic E-state index is 14.1. The largest absolute Gasteiger partial charge is 0.586 e. The van der Waals surface area contributed by atoms with Gasteiger partial charge in [0.25, 0.3) is 0 Å². The molecule has 3 fully saturated rings. The molecule has 1 aromatic carbocycles. The van der Waals surface area contributed by atoms with E-state index in [0.717, 1.165) is 0 Å². The maximum Gasteiger partial charge on any atom is 0.586 e. The van der Waals surface area contributed by atoms with E-state index >= 15 is 0 Å². The second-order valence-electron chi connectivity index (χ2n) is 11.6. The van der Waals surface area contributed by atoms with E-state index in [4.69, 9.17) is 4.74 Å². The van der Waals surface area contributed by atoms with Crippen LogP contribution in [0.1, 0.15) is 55.5 Å². The highest BCUT2D eigenvalue weighted by molar-refractivity contribution is 5.79. The Labute approximate surface area is 235 Å². The molecule has 1 atom stereocenters. The van der Waals surface area contributed by atoms with Crippen LogP contribution in [-0.2, 0) is 17.4 Å². The van der Waals surface area contributed by atoms with Crippen molar-refractivity contribution in [2.75, 3.05) is 18.0 Å². The van der Waals surface area contributed by atoms with Crippen molar-refractivity contribution >= 4 is 11.8 Å². The molecule has 5 aliphatic rings. The van der Waals surface area contributed by atoms with Crippen LogP contribution in [0.15, 0.2) is 30.5 Å². The second kappa shape index (κ2) is 8.67. The predicted molar refractivity (Wildman–Crippen MR) is 133 cm³/mol. The maximum atomic E-state index is 14.1. The van der Waals surface area contributed by atoms with Crippen molar-refractivity contribution in [2.45, 2.75) is 57.6 Å². The number of hydrogen-bond donors (Lipinski definition) is 1. The third-order valence-corrected chi connectivity index (χ3v) is 8.55. The number of fused-ring (bicyclic) bond motifs is 2. The van der Waals surface area contributed by atoms with Gasteiger partial charge in [0.1, 0.15) is 11.9 Å². The monoisotopic (exact) mass is 593 g/mol. The molecule has 222 valence electrons. The Morgan fingerprint density at radius 3 is 2.62 bits per heavy atom. The number of hydrogen-bond acceptors (Lipinski definition) is 8. The average Bonchev–Trinajstić information content (AvgIpc) is 3.41. The summed E-state index contributed by atoms with van der Waals surface area (Å²) in [4.78, 5) is 13.5. The van der Waals surface area contributed by atoms with Crippen molar-refractivity contribution in [1.29, 1.82) is 0 Å². The van der Waals surface area contributed by atoms with Gasteiger partial charge in [0.15, 0.2) is 17.2 Å². The van der Waals surface area contributed by atoms with Crippen LogP contribution in [-0.4, -0.2) is 50.4 Å². The molecule has 2 aliphatic heterocycles. The van der Waals surface area contributed by atoms with Crippen LogP contribution in [0.5, 0.6) is 17.4 Å². The van der Waals surface area contributed by atoms with E-state index in [-0.39, 0.29) is 40.5 Å². The van der Waals surface area contributed by atoms with Gasteiger partial charge in [0.05, 0.1) is 17.3 Å². The van der Waals surface area contributed by atoms with E-state index < -0.39 is 35.7 Å². The summed E-state index contributed by atoms with van der Waals surface area (Å²) in [6.07, 6.45) is -5.69. The van der Waals surface area contributed by atoms with Gasteiger partial charge in [-0.1, -0.05) is 6.07 Å². The van der Waals surface area contributed by atoms with Crippen LogP contribution in [0, 0.1) is 10.8 Å². The Kier molecular flexibility index (Phi) is 5.52. The number of alkyl halides is 5. The molecule has 3 saturated carbocycles. The highest BCUT2D eigenvalue weighted by atomic mass is 19.4. The van der Waals surface area contributed by atoms with Crippen molar-refractivity contribution in [3.05, 3.63) is 47.3 Å². The standard InChI is InChI=1S/C27H24F5N5O5/c1-14(15-4-5-18-19(7-15)42-27(31,32)41-18)40-20-8-16(9-33-34-20)37-22-17(21(35-37)26(28,29)30)3-2-6-36(22)13-24-10-25(11-24,12-24)23(38)39/h4-5,7-9,14H,2-3,6,10-13H2,1H3,(H,38,39). The minimum atomic E-state index is -4.69. The molecule has 2 bridgehead atoms. The lowest BCUT2D eigenvalue weighted by Crippen LogP contribution is -2.69. The molecular weight excluding hydrogens is 569 g/mol. The molecule has 10 nitrogen and oxygen atoms in total. The predicted octanol–water partition coefficient (Wildman–Crippen LogP) is 5.15. The normalized spacial score (nSPS) is 25.7.